The van der Waals surface area contributed by atoms with Crippen LogP contribution in [0.4, 0.5) is 5.69 Å². The number of halogens is 1. The van der Waals surface area contributed by atoms with Crippen molar-refractivity contribution in [3.05, 3.63) is 28.8 Å². The highest BCUT2D eigenvalue weighted by molar-refractivity contribution is 6.33. The topological polar surface area (TPSA) is 21.3 Å². The molecule has 2 nitrogen and oxygen atoms in total. The van der Waals surface area contributed by atoms with Crippen LogP contribution >= 0.6 is 11.6 Å². The second-order valence-electron chi connectivity index (χ2n) is 4.37. The minimum Gasteiger partial charge on any atom is -0.381 e. The summed E-state index contributed by atoms with van der Waals surface area (Å²) in [7, 11) is 0. The van der Waals surface area contributed by atoms with E-state index >= 15 is 0 Å². The molecule has 1 heterocycles. The second-order valence-corrected chi connectivity index (χ2v) is 4.78. The van der Waals surface area contributed by atoms with E-state index in [0.29, 0.717) is 6.04 Å². The molecule has 0 amide bonds. The fourth-order valence-electron chi connectivity index (χ4n) is 2.02. The Balaban J connectivity index is 2.04. The van der Waals surface area contributed by atoms with Gasteiger partial charge in [0.2, 0.25) is 0 Å². The van der Waals surface area contributed by atoms with Gasteiger partial charge in [-0.25, -0.2) is 0 Å². The molecule has 1 atom stereocenters. The van der Waals surface area contributed by atoms with Gasteiger partial charge >= 0.3 is 0 Å². The van der Waals surface area contributed by atoms with Gasteiger partial charge in [0.05, 0.1) is 10.7 Å². The van der Waals surface area contributed by atoms with Gasteiger partial charge in [0.25, 0.3) is 0 Å². The summed E-state index contributed by atoms with van der Waals surface area (Å²) in [6, 6.07) is 6.58. The Kier molecular flexibility index (Phi) is 4.08. The van der Waals surface area contributed by atoms with Crippen LogP contribution in [0.5, 0.6) is 0 Å². The van der Waals surface area contributed by atoms with Crippen LogP contribution in [0.15, 0.2) is 18.2 Å². The van der Waals surface area contributed by atoms with Crippen molar-refractivity contribution in [1.29, 1.82) is 0 Å². The van der Waals surface area contributed by atoms with E-state index in [4.69, 9.17) is 16.3 Å². The number of rotatable bonds is 2. The minimum absolute atomic E-state index is 0.488. The lowest BCUT2D eigenvalue weighted by molar-refractivity contribution is 0.144. The summed E-state index contributed by atoms with van der Waals surface area (Å²) in [5.41, 5.74) is 2.28. The Morgan fingerprint density at radius 3 is 3.06 bits per heavy atom. The summed E-state index contributed by atoms with van der Waals surface area (Å²) in [4.78, 5) is 0. The highest BCUT2D eigenvalue weighted by Crippen LogP contribution is 2.25. The van der Waals surface area contributed by atoms with E-state index in [2.05, 4.69) is 18.3 Å². The molecule has 0 aliphatic carbocycles. The van der Waals surface area contributed by atoms with Gasteiger partial charge in [0.1, 0.15) is 0 Å². The molecule has 1 saturated heterocycles. The van der Waals surface area contributed by atoms with Gasteiger partial charge in [-0.15, -0.1) is 0 Å². The van der Waals surface area contributed by atoms with Gasteiger partial charge in [-0.3, -0.25) is 0 Å². The molecule has 1 unspecified atom stereocenters. The first-order valence-corrected chi connectivity index (χ1v) is 6.24. The summed E-state index contributed by atoms with van der Waals surface area (Å²) >= 11 is 6.16. The first kappa shape index (κ1) is 11.7. The first-order valence-electron chi connectivity index (χ1n) is 5.86. The van der Waals surface area contributed by atoms with Gasteiger partial charge in [0, 0.05) is 19.3 Å². The van der Waals surface area contributed by atoms with Crippen LogP contribution in [-0.2, 0) is 4.74 Å². The number of hydrogen-bond acceptors (Lipinski definition) is 2. The van der Waals surface area contributed by atoms with Crippen molar-refractivity contribution in [2.75, 3.05) is 18.5 Å². The van der Waals surface area contributed by atoms with Crippen LogP contribution < -0.4 is 5.32 Å². The maximum Gasteiger partial charge on any atom is 0.0637 e. The normalized spacial score (nSPS) is 21.5. The van der Waals surface area contributed by atoms with E-state index in [0.717, 1.165) is 43.2 Å². The maximum atomic E-state index is 6.16. The summed E-state index contributed by atoms with van der Waals surface area (Å²) in [5, 5.41) is 4.32. The lowest BCUT2D eigenvalue weighted by atomic mass is 10.1. The fourth-order valence-corrected chi connectivity index (χ4v) is 2.19. The third-order valence-electron chi connectivity index (χ3n) is 2.93. The summed E-state index contributed by atoms with van der Waals surface area (Å²) in [6.45, 7) is 3.82. The van der Waals surface area contributed by atoms with Crippen molar-refractivity contribution < 1.29 is 4.74 Å². The fraction of sp³-hybridized carbons (Fsp3) is 0.538. The molecule has 0 spiro atoms. The van der Waals surface area contributed by atoms with Gasteiger partial charge in [0.15, 0.2) is 0 Å². The van der Waals surface area contributed by atoms with Crippen LogP contribution in [0, 0.1) is 6.92 Å². The highest BCUT2D eigenvalue weighted by Gasteiger charge is 2.13. The first-order chi connectivity index (χ1) is 7.75. The molecule has 0 bridgehead atoms. The Labute approximate surface area is 102 Å². The molecular weight excluding hydrogens is 222 g/mol. The minimum atomic E-state index is 0.488. The SMILES string of the molecule is Cc1ccc(Cl)c(NC2CCCOCC2)c1. The number of nitrogens with one attached hydrogen (secondary N) is 1. The summed E-state index contributed by atoms with van der Waals surface area (Å²) in [5.74, 6) is 0. The Bertz CT molecular complexity index is 346. The highest BCUT2D eigenvalue weighted by atomic mass is 35.5. The van der Waals surface area contributed by atoms with Gasteiger partial charge in [-0.05, 0) is 43.9 Å². The summed E-state index contributed by atoms with van der Waals surface area (Å²) < 4.78 is 5.44. The quantitative estimate of drug-likeness (QED) is 0.851. The van der Waals surface area contributed by atoms with Gasteiger partial charge < -0.3 is 10.1 Å². The molecule has 16 heavy (non-hydrogen) atoms. The molecule has 0 radical (unpaired) electrons. The molecule has 1 fully saturated rings. The third-order valence-corrected chi connectivity index (χ3v) is 3.26. The zero-order chi connectivity index (χ0) is 11.4. The van der Waals surface area contributed by atoms with E-state index in [1.165, 1.54) is 5.56 Å². The van der Waals surface area contributed by atoms with Gasteiger partial charge in [-0.2, -0.15) is 0 Å². The number of aryl methyl sites for hydroxylation is 1. The monoisotopic (exact) mass is 239 g/mol. The van der Waals surface area contributed by atoms with E-state index in [1.807, 2.05) is 12.1 Å². The van der Waals surface area contributed by atoms with Crippen LogP contribution in [-0.4, -0.2) is 19.3 Å². The molecule has 1 aliphatic heterocycles. The van der Waals surface area contributed by atoms with Crippen molar-refractivity contribution >= 4 is 17.3 Å². The van der Waals surface area contributed by atoms with Crippen molar-refractivity contribution in [3.8, 4) is 0 Å². The molecule has 88 valence electrons. The van der Waals surface area contributed by atoms with Crippen molar-refractivity contribution in [3.63, 3.8) is 0 Å². The van der Waals surface area contributed by atoms with Crippen molar-refractivity contribution in [1.82, 2.24) is 0 Å². The van der Waals surface area contributed by atoms with Crippen molar-refractivity contribution in [2.45, 2.75) is 32.2 Å². The number of ether oxygens (including phenoxy) is 1. The Morgan fingerprint density at radius 2 is 2.19 bits per heavy atom. The lowest BCUT2D eigenvalue weighted by Gasteiger charge is -2.18. The van der Waals surface area contributed by atoms with E-state index in [1.54, 1.807) is 0 Å². The smallest absolute Gasteiger partial charge is 0.0637 e. The molecule has 2 rings (SSSR count). The predicted octanol–water partition coefficient (Wildman–Crippen LogP) is 3.63. The molecule has 3 heteroatoms. The molecule has 0 aromatic heterocycles. The van der Waals surface area contributed by atoms with E-state index < -0.39 is 0 Å². The Hall–Kier alpha value is -0.730. The van der Waals surface area contributed by atoms with E-state index in [-0.39, 0.29) is 0 Å². The molecule has 1 aliphatic rings. The molecular formula is C13H18ClNO. The van der Waals surface area contributed by atoms with Crippen molar-refractivity contribution in [2.24, 2.45) is 0 Å². The lowest BCUT2D eigenvalue weighted by Crippen LogP contribution is -2.19. The predicted molar refractivity (Wildman–Crippen MR) is 68.3 cm³/mol. The second kappa shape index (κ2) is 5.55. The average molecular weight is 240 g/mol. The standard InChI is InChI=1S/C13H18ClNO/c1-10-4-5-12(14)13(9-10)15-11-3-2-7-16-8-6-11/h4-5,9,11,15H,2-3,6-8H2,1H3. The molecule has 1 N–H and O–H groups in total. The Morgan fingerprint density at radius 1 is 1.31 bits per heavy atom. The molecule has 1 aromatic rings. The summed E-state index contributed by atoms with van der Waals surface area (Å²) in [6.07, 6.45) is 3.34. The average Bonchev–Trinajstić information content (AvgIpc) is 2.52. The number of anilines is 1. The largest absolute Gasteiger partial charge is 0.381 e. The van der Waals surface area contributed by atoms with E-state index in [9.17, 15) is 0 Å². The maximum absolute atomic E-state index is 6.16. The zero-order valence-corrected chi connectivity index (χ0v) is 10.4. The van der Waals surface area contributed by atoms with Crippen LogP contribution in [0.3, 0.4) is 0 Å². The van der Waals surface area contributed by atoms with Crippen LogP contribution in [0.1, 0.15) is 24.8 Å². The molecule has 0 saturated carbocycles. The third kappa shape index (κ3) is 3.13. The van der Waals surface area contributed by atoms with Crippen LogP contribution in [0.2, 0.25) is 5.02 Å². The number of hydrogen-bond donors (Lipinski definition) is 1. The molecule has 1 aromatic carbocycles. The number of benzene rings is 1. The zero-order valence-electron chi connectivity index (χ0n) is 9.63. The van der Waals surface area contributed by atoms with Gasteiger partial charge in [-0.1, -0.05) is 17.7 Å². The van der Waals surface area contributed by atoms with Crippen LogP contribution in [0.25, 0.3) is 0 Å².